The first-order chi connectivity index (χ1) is 17.3. The zero-order chi connectivity index (χ0) is 25.4. The van der Waals surface area contributed by atoms with Gasteiger partial charge in [-0.1, -0.05) is 30.3 Å². The van der Waals surface area contributed by atoms with Crippen LogP contribution in [0, 0.1) is 0 Å². The molecule has 4 atom stereocenters. The highest BCUT2D eigenvalue weighted by Gasteiger charge is 2.64. The minimum atomic E-state index is -1.36. The standard InChI is InChI=1S/C26H24N2O7S/c1-26(2)22(25(32)35-21(17-11-7-13-34-17)20(30)16-10-6-12-33-16)28-23(31)19(24(28)36-26)27-18(29)14-15-8-4-3-5-9-15/h3-13,19,21-22,24H,14H2,1-2H3,(H,27,29)/t19-,21?,22+,24-/m1/s1. The average molecular weight is 509 g/mol. The van der Waals surface area contributed by atoms with Gasteiger partial charge >= 0.3 is 5.97 Å². The maximum absolute atomic E-state index is 13.4. The van der Waals surface area contributed by atoms with Gasteiger partial charge in [-0.2, -0.15) is 0 Å². The minimum absolute atomic E-state index is 0.0170. The fourth-order valence-corrected chi connectivity index (χ4v) is 6.16. The first-order valence-electron chi connectivity index (χ1n) is 11.4. The van der Waals surface area contributed by atoms with Gasteiger partial charge in [-0.05, 0) is 43.7 Å². The van der Waals surface area contributed by atoms with Crippen molar-refractivity contribution in [1.29, 1.82) is 0 Å². The number of ketones is 1. The van der Waals surface area contributed by atoms with Crippen LogP contribution in [-0.2, 0) is 25.5 Å². The molecule has 2 aliphatic rings. The summed E-state index contributed by atoms with van der Waals surface area (Å²) in [4.78, 5) is 53.4. The normalized spacial score (nSPS) is 22.9. The number of β-lactam (4-membered cyclic amide) rings is 1. The van der Waals surface area contributed by atoms with Crippen molar-refractivity contribution in [3.05, 3.63) is 84.2 Å². The lowest BCUT2D eigenvalue weighted by Crippen LogP contribution is -2.70. The monoisotopic (exact) mass is 508 g/mol. The summed E-state index contributed by atoms with van der Waals surface area (Å²) >= 11 is 1.41. The number of thioether (sulfide) groups is 1. The van der Waals surface area contributed by atoms with E-state index in [1.165, 1.54) is 41.3 Å². The predicted octanol–water partition coefficient (Wildman–Crippen LogP) is 3.13. The second-order valence-electron chi connectivity index (χ2n) is 9.14. The molecule has 0 saturated carbocycles. The van der Waals surface area contributed by atoms with Crippen molar-refractivity contribution in [3.8, 4) is 0 Å². The zero-order valence-corrected chi connectivity index (χ0v) is 20.4. The molecule has 2 fully saturated rings. The molecule has 2 saturated heterocycles. The van der Waals surface area contributed by atoms with Gasteiger partial charge in [0.2, 0.25) is 23.7 Å². The predicted molar refractivity (Wildman–Crippen MR) is 129 cm³/mol. The number of ether oxygens (including phenoxy) is 1. The third-order valence-corrected chi connectivity index (χ3v) is 7.80. The molecule has 1 aromatic carbocycles. The highest BCUT2D eigenvalue weighted by atomic mass is 32.2. The van der Waals surface area contributed by atoms with E-state index in [-0.39, 0.29) is 29.8 Å². The number of nitrogens with one attached hydrogen (secondary N) is 1. The Kier molecular flexibility index (Phi) is 6.21. The summed E-state index contributed by atoms with van der Waals surface area (Å²) in [6.45, 7) is 3.66. The summed E-state index contributed by atoms with van der Waals surface area (Å²) in [5.74, 6) is -1.80. The molecule has 2 aromatic heterocycles. The van der Waals surface area contributed by atoms with Crippen LogP contribution >= 0.6 is 11.8 Å². The molecule has 186 valence electrons. The van der Waals surface area contributed by atoms with Gasteiger partial charge in [0.25, 0.3) is 0 Å². The maximum atomic E-state index is 13.4. The number of nitrogens with zero attached hydrogens (tertiary/aromatic N) is 1. The van der Waals surface area contributed by atoms with E-state index in [2.05, 4.69) is 5.32 Å². The largest absolute Gasteiger partial charge is 0.465 e. The van der Waals surface area contributed by atoms with Gasteiger partial charge in [0.15, 0.2) is 11.5 Å². The summed E-state index contributed by atoms with van der Waals surface area (Å²) < 4.78 is 15.5. The van der Waals surface area contributed by atoms with Crippen LogP contribution in [0.15, 0.2) is 76.0 Å². The number of fused-ring (bicyclic) bond motifs is 1. The Labute approximate surface area is 211 Å². The fraction of sp³-hybridized carbons (Fsp3) is 0.308. The van der Waals surface area contributed by atoms with Crippen LogP contribution in [0.4, 0.5) is 0 Å². The maximum Gasteiger partial charge on any atom is 0.331 e. The Balaban J connectivity index is 1.30. The van der Waals surface area contributed by atoms with E-state index < -0.39 is 40.1 Å². The molecular formula is C26H24N2O7S. The van der Waals surface area contributed by atoms with Crippen LogP contribution in [0.5, 0.6) is 0 Å². The number of esters is 1. The van der Waals surface area contributed by atoms with E-state index in [4.69, 9.17) is 13.6 Å². The van der Waals surface area contributed by atoms with Crippen molar-refractivity contribution in [2.75, 3.05) is 0 Å². The van der Waals surface area contributed by atoms with Gasteiger partial charge in [-0.25, -0.2) is 4.79 Å². The number of Topliss-reactive ketones (excluding diaryl/α,β-unsaturated/α-hetero) is 1. The third-order valence-electron chi connectivity index (χ3n) is 6.23. The highest BCUT2D eigenvalue weighted by molar-refractivity contribution is 8.01. The third kappa shape index (κ3) is 4.32. The molecule has 1 N–H and O–H groups in total. The smallest absolute Gasteiger partial charge is 0.331 e. The van der Waals surface area contributed by atoms with E-state index in [0.29, 0.717) is 0 Å². The molecule has 0 aliphatic carbocycles. The Hall–Kier alpha value is -3.79. The molecule has 2 amide bonds. The molecular weight excluding hydrogens is 484 g/mol. The number of carbonyl (C=O) groups is 4. The molecule has 0 spiro atoms. The van der Waals surface area contributed by atoms with Crippen molar-refractivity contribution in [3.63, 3.8) is 0 Å². The number of furan rings is 2. The van der Waals surface area contributed by atoms with Gasteiger partial charge in [0, 0.05) is 4.75 Å². The summed E-state index contributed by atoms with van der Waals surface area (Å²) in [6, 6.07) is 13.7. The quantitative estimate of drug-likeness (QED) is 0.280. The first kappa shape index (κ1) is 23.9. The minimum Gasteiger partial charge on any atom is -0.465 e. The van der Waals surface area contributed by atoms with Crippen LogP contribution in [-0.4, -0.2) is 50.7 Å². The molecule has 0 bridgehead atoms. The van der Waals surface area contributed by atoms with Gasteiger partial charge in [-0.15, -0.1) is 11.8 Å². The van der Waals surface area contributed by atoms with E-state index in [1.807, 2.05) is 44.2 Å². The first-order valence-corrected chi connectivity index (χ1v) is 12.3. The Morgan fingerprint density at radius 2 is 1.78 bits per heavy atom. The zero-order valence-electron chi connectivity index (χ0n) is 19.6. The van der Waals surface area contributed by atoms with Crippen molar-refractivity contribution in [2.24, 2.45) is 0 Å². The second-order valence-corrected chi connectivity index (χ2v) is 10.9. The summed E-state index contributed by atoms with van der Waals surface area (Å²) in [5.41, 5.74) is 0.838. The lowest BCUT2D eigenvalue weighted by molar-refractivity contribution is -0.167. The van der Waals surface area contributed by atoms with Crippen LogP contribution in [0.1, 0.15) is 41.8 Å². The van der Waals surface area contributed by atoms with Gasteiger partial charge in [-0.3, -0.25) is 14.4 Å². The molecule has 4 heterocycles. The van der Waals surface area contributed by atoms with E-state index in [9.17, 15) is 19.2 Å². The van der Waals surface area contributed by atoms with E-state index in [1.54, 1.807) is 12.1 Å². The van der Waals surface area contributed by atoms with Crippen LogP contribution < -0.4 is 5.32 Å². The topological polar surface area (TPSA) is 119 Å². The molecule has 10 heteroatoms. The molecule has 3 aromatic rings. The van der Waals surface area contributed by atoms with Crippen LogP contribution in [0.2, 0.25) is 0 Å². The lowest BCUT2D eigenvalue weighted by Gasteiger charge is -2.44. The summed E-state index contributed by atoms with van der Waals surface area (Å²) in [6.07, 6.45) is 1.51. The SMILES string of the molecule is CC1(C)S[C@@H]2[C@H](NC(=O)Cc3ccccc3)C(=O)N2[C@H]1C(=O)OC(C(=O)c1ccco1)c1ccco1. The van der Waals surface area contributed by atoms with Crippen molar-refractivity contribution >= 4 is 35.3 Å². The van der Waals surface area contributed by atoms with Gasteiger partial charge < -0.3 is 23.8 Å². The number of hydrogen-bond donors (Lipinski definition) is 1. The second kappa shape index (κ2) is 9.34. The lowest BCUT2D eigenvalue weighted by atomic mass is 9.95. The molecule has 2 aliphatic heterocycles. The fourth-order valence-electron chi connectivity index (χ4n) is 4.54. The Morgan fingerprint density at radius 1 is 1.06 bits per heavy atom. The van der Waals surface area contributed by atoms with Gasteiger partial charge in [0.1, 0.15) is 17.5 Å². The number of carbonyl (C=O) groups excluding carboxylic acids is 4. The average Bonchev–Trinajstić information content (AvgIpc) is 3.61. The number of hydrogen-bond acceptors (Lipinski definition) is 8. The molecule has 36 heavy (non-hydrogen) atoms. The van der Waals surface area contributed by atoms with Crippen molar-refractivity contribution in [1.82, 2.24) is 10.2 Å². The molecule has 0 radical (unpaired) electrons. The number of benzene rings is 1. The van der Waals surface area contributed by atoms with Crippen molar-refractivity contribution < 1.29 is 32.7 Å². The Morgan fingerprint density at radius 3 is 2.44 bits per heavy atom. The number of amides is 2. The van der Waals surface area contributed by atoms with Crippen molar-refractivity contribution in [2.45, 2.75) is 48.6 Å². The molecule has 5 rings (SSSR count). The van der Waals surface area contributed by atoms with Gasteiger partial charge in [0.05, 0.1) is 18.9 Å². The van der Waals surface area contributed by atoms with Crippen LogP contribution in [0.3, 0.4) is 0 Å². The van der Waals surface area contributed by atoms with Crippen LogP contribution in [0.25, 0.3) is 0 Å². The summed E-state index contributed by atoms with van der Waals surface area (Å²) in [5, 5.41) is 2.38. The van der Waals surface area contributed by atoms with E-state index in [0.717, 1.165) is 5.56 Å². The number of rotatable bonds is 8. The van der Waals surface area contributed by atoms with E-state index >= 15 is 0 Å². The Bertz CT molecular complexity index is 1270. The summed E-state index contributed by atoms with van der Waals surface area (Å²) in [7, 11) is 0. The highest BCUT2D eigenvalue weighted by Crippen LogP contribution is 2.51. The molecule has 1 unspecified atom stereocenters. The molecule has 9 nitrogen and oxygen atoms in total.